The van der Waals surface area contributed by atoms with E-state index in [1.165, 1.54) is 0 Å². The number of anilines is 1. The summed E-state index contributed by atoms with van der Waals surface area (Å²) in [4.78, 5) is 0. The summed E-state index contributed by atoms with van der Waals surface area (Å²) in [6, 6.07) is 5.84. The molecule has 0 bridgehead atoms. The van der Waals surface area contributed by atoms with Crippen molar-refractivity contribution in [2.45, 2.75) is 12.5 Å². The summed E-state index contributed by atoms with van der Waals surface area (Å²) in [6.07, 6.45) is 3.07. The molecule has 5 nitrogen and oxygen atoms in total. The van der Waals surface area contributed by atoms with Crippen LogP contribution < -0.4 is 15.2 Å². The van der Waals surface area contributed by atoms with Crippen LogP contribution in [0.15, 0.2) is 24.4 Å². The topological polar surface area (TPSA) is 73.2 Å². The molecule has 20 heavy (non-hydrogen) atoms. The number of aromatic nitrogens is 2. The van der Waals surface area contributed by atoms with Gasteiger partial charge in [-0.2, -0.15) is 16.9 Å². The molecule has 3 N–H and O–H groups in total. The van der Waals surface area contributed by atoms with Crippen LogP contribution in [-0.2, 0) is 0 Å². The summed E-state index contributed by atoms with van der Waals surface area (Å²) in [5, 5.41) is 6.67. The van der Waals surface area contributed by atoms with E-state index in [4.69, 9.17) is 15.2 Å². The molecule has 1 fully saturated rings. The highest BCUT2D eigenvalue weighted by Crippen LogP contribution is 2.35. The molecule has 1 aromatic carbocycles. The molecule has 1 aliphatic rings. The number of hydrogen-bond donors (Lipinski definition) is 2. The Morgan fingerprint density at radius 1 is 1.40 bits per heavy atom. The predicted molar refractivity (Wildman–Crippen MR) is 81.3 cm³/mol. The monoisotopic (exact) mass is 291 g/mol. The Kier molecular flexibility index (Phi) is 3.73. The fraction of sp³-hybridized carbons (Fsp3) is 0.357. The summed E-state index contributed by atoms with van der Waals surface area (Å²) in [5.41, 5.74) is 7.67. The van der Waals surface area contributed by atoms with E-state index in [1.807, 2.05) is 30.0 Å². The van der Waals surface area contributed by atoms with Gasteiger partial charge in [0.2, 0.25) is 0 Å². The fourth-order valence-corrected chi connectivity index (χ4v) is 3.34. The standard InChI is InChI=1S/C14H17N3O2S/c1-18-13-6-9(11-7-16-17-14(11)15)2-3-12(13)19-10-4-5-20-8-10/h2-3,6-7,10H,4-5,8H2,1H3,(H3,15,16,17). The minimum absolute atomic E-state index is 0.277. The molecule has 106 valence electrons. The van der Waals surface area contributed by atoms with Crippen molar-refractivity contribution in [3.63, 3.8) is 0 Å². The van der Waals surface area contributed by atoms with Crippen LogP contribution in [0.5, 0.6) is 11.5 Å². The molecule has 1 saturated heterocycles. The first kappa shape index (κ1) is 13.2. The van der Waals surface area contributed by atoms with Crippen LogP contribution in [0.4, 0.5) is 5.82 Å². The summed E-state index contributed by atoms with van der Waals surface area (Å²) in [6.45, 7) is 0. The lowest BCUT2D eigenvalue weighted by Crippen LogP contribution is -2.15. The van der Waals surface area contributed by atoms with Crippen molar-refractivity contribution in [1.82, 2.24) is 10.2 Å². The van der Waals surface area contributed by atoms with Crippen LogP contribution >= 0.6 is 11.8 Å². The zero-order valence-electron chi connectivity index (χ0n) is 11.3. The van der Waals surface area contributed by atoms with Gasteiger partial charge in [-0.05, 0) is 29.9 Å². The summed E-state index contributed by atoms with van der Waals surface area (Å²) in [7, 11) is 1.65. The Labute approximate surface area is 121 Å². The maximum absolute atomic E-state index is 6.00. The van der Waals surface area contributed by atoms with Gasteiger partial charge < -0.3 is 15.2 Å². The minimum Gasteiger partial charge on any atom is -0.493 e. The smallest absolute Gasteiger partial charge is 0.161 e. The Bertz CT molecular complexity index is 594. The van der Waals surface area contributed by atoms with Gasteiger partial charge in [-0.1, -0.05) is 6.07 Å². The number of benzene rings is 1. The number of hydrogen-bond acceptors (Lipinski definition) is 5. The fourth-order valence-electron chi connectivity index (χ4n) is 2.24. The molecule has 2 heterocycles. The van der Waals surface area contributed by atoms with E-state index in [-0.39, 0.29) is 6.10 Å². The van der Waals surface area contributed by atoms with E-state index in [2.05, 4.69) is 10.2 Å². The number of nitrogen functional groups attached to an aromatic ring is 1. The zero-order valence-corrected chi connectivity index (χ0v) is 12.1. The first-order valence-corrected chi connectivity index (χ1v) is 7.65. The van der Waals surface area contributed by atoms with Crippen LogP contribution in [0.3, 0.4) is 0 Å². The van der Waals surface area contributed by atoms with Gasteiger partial charge in [0.25, 0.3) is 0 Å². The van der Waals surface area contributed by atoms with Crippen molar-refractivity contribution >= 4 is 17.6 Å². The van der Waals surface area contributed by atoms with Gasteiger partial charge in [-0.25, -0.2) is 0 Å². The van der Waals surface area contributed by atoms with E-state index in [9.17, 15) is 0 Å². The van der Waals surface area contributed by atoms with E-state index >= 15 is 0 Å². The first-order valence-electron chi connectivity index (χ1n) is 6.49. The number of H-pyrrole nitrogens is 1. The molecule has 0 spiro atoms. The van der Waals surface area contributed by atoms with Crippen molar-refractivity contribution in [2.24, 2.45) is 0 Å². The number of aromatic amines is 1. The van der Waals surface area contributed by atoms with Crippen LogP contribution in [-0.4, -0.2) is 34.9 Å². The zero-order chi connectivity index (χ0) is 13.9. The second-order valence-corrected chi connectivity index (χ2v) is 5.82. The van der Waals surface area contributed by atoms with Crippen molar-refractivity contribution < 1.29 is 9.47 Å². The normalized spacial score (nSPS) is 18.1. The number of thioether (sulfide) groups is 1. The quantitative estimate of drug-likeness (QED) is 0.905. The van der Waals surface area contributed by atoms with Crippen molar-refractivity contribution in [1.29, 1.82) is 0 Å². The van der Waals surface area contributed by atoms with Crippen LogP contribution in [0.25, 0.3) is 11.1 Å². The van der Waals surface area contributed by atoms with Crippen molar-refractivity contribution in [2.75, 3.05) is 24.3 Å². The maximum Gasteiger partial charge on any atom is 0.161 e. The molecule has 1 unspecified atom stereocenters. The summed E-state index contributed by atoms with van der Waals surface area (Å²) >= 11 is 1.92. The number of nitrogens with zero attached hydrogens (tertiary/aromatic N) is 1. The largest absolute Gasteiger partial charge is 0.493 e. The lowest BCUT2D eigenvalue weighted by atomic mass is 10.1. The highest BCUT2D eigenvalue weighted by molar-refractivity contribution is 7.99. The lowest BCUT2D eigenvalue weighted by molar-refractivity contribution is 0.218. The Hall–Kier alpha value is -1.82. The molecule has 0 saturated carbocycles. The van der Waals surface area contributed by atoms with Crippen LogP contribution in [0.2, 0.25) is 0 Å². The Morgan fingerprint density at radius 3 is 2.95 bits per heavy atom. The molecular formula is C14H17N3O2S. The minimum atomic E-state index is 0.277. The maximum atomic E-state index is 6.00. The van der Waals surface area contributed by atoms with Gasteiger partial charge in [0.15, 0.2) is 11.5 Å². The lowest BCUT2D eigenvalue weighted by Gasteiger charge is -2.16. The molecule has 2 aromatic rings. The molecule has 0 aliphatic carbocycles. The van der Waals surface area contributed by atoms with Gasteiger partial charge >= 0.3 is 0 Å². The second kappa shape index (κ2) is 5.66. The molecular weight excluding hydrogens is 274 g/mol. The molecule has 1 aliphatic heterocycles. The van der Waals surface area contributed by atoms with E-state index in [0.717, 1.165) is 40.6 Å². The summed E-state index contributed by atoms with van der Waals surface area (Å²) < 4.78 is 11.4. The van der Waals surface area contributed by atoms with Crippen molar-refractivity contribution in [3.8, 4) is 22.6 Å². The Morgan fingerprint density at radius 2 is 2.30 bits per heavy atom. The number of methoxy groups -OCH3 is 1. The third kappa shape index (κ3) is 2.56. The number of rotatable bonds is 4. The van der Waals surface area contributed by atoms with Gasteiger partial charge in [0.1, 0.15) is 11.9 Å². The number of nitrogens with one attached hydrogen (secondary N) is 1. The molecule has 0 amide bonds. The molecule has 0 radical (unpaired) electrons. The van der Waals surface area contributed by atoms with E-state index < -0.39 is 0 Å². The van der Waals surface area contributed by atoms with Gasteiger partial charge in [0, 0.05) is 11.3 Å². The average Bonchev–Trinajstić information content (AvgIpc) is 3.11. The van der Waals surface area contributed by atoms with Crippen molar-refractivity contribution in [3.05, 3.63) is 24.4 Å². The Balaban J connectivity index is 1.87. The highest BCUT2D eigenvalue weighted by atomic mass is 32.2. The van der Waals surface area contributed by atoms with Crippen LogP contribution in [0.1, 0.15) is 6.42 Å². The molecule has 1 aromatic heterocycles. The summed E-state index contributed by atoms with van der Waals surface area (Å²) in [5.74, 6) is 4.26. The number of ether oxygens (including phenoxy) is 2. The number of nitrogens with two attached hydrogens (primary N) is 1. The molecule has 1 atom stereocenters. The molecule has 3 rings (SSSR count). The first-order chi connectivity index (χ1) is 9.78. The van der Waals surface area contributed by atoms with E-state index in [0.29, 0.717) is 5.82 Å². The van der Waals surface area contributed by atoms with Gasteiger partial charge in [0.05, 0.1) is 13.3 Å². The predicted octanol–water partition coefficient (Wildman–Crippen LogP) is 2.55. The third-order valence-corrected chi connectivity index (χ3v) is 4.46. The van der Waals surface area contributed by atoms with Crippen LogP contribution in [0, 0.1) is 0 Å². The van der Waals surface area contributed by atoms with Gasteiger partial charge in [-0.15, -0.1) is 0 Å². The third-order valence-electron chi connectivity index (χ3n) is 3.32. The second-order valence-electron chi connectivity index (χ2n) is 4.67. The average molecular weight is 291 g/mol. The highest BCUT2D eigenvalue weighted by Gasteiger charge is 2.19. The van der Waals surface area contributed by atoms with Gasteiger partial charge in [-0.3, -0.25) is 5.10 Å². The van der Waals surface area contributed by atoms with E-state index in [1.54, 1.807) is 13.3 Å². The SMILES string of the molecule is COc1cc(-c2cn[nH]c2N)ccc1OC1CCSC1. The molecule has 6 heteroatoms.